The summed E-state index contributed by atoms with van der Waals surface area (Å²) in [5, 5.41) is 5.54. The summed E-state index contributed by atoms with van der Waals surface area (Å²) in [6, 6.07) is 39.2. The van der Waals surface area contributed by atoms with E-state index >= 15 is 0 Å². The molecule has 4 aromatic rings. The third-order valence-electron chi connectivity index (χ3n) is 6.06. The minimum atomic E-state index is -1.69. The van der Waals surface area contributed by atoms with Crippen LogP contribution in [-0.2, 0) is 0 Å². The molecule has 0 saturated heterocycles. The molecular weight excluding hydrogens is 482 g/mol. The molecule has 0 saturated carbocycles. The Kier molecular flexibility index (Phi) is 8.79. The first-order chi connectivity index (χ1) is 17.0. The number of ether oxygens (including phenoxy) is 2. The molecule has 0 amide bonds. The molecule has 0 unspecified atom stereocenters. The highest BCUT2D eigenvalue weighted by Gasteiger charge is 2.33. The molecule has 0 bridgehead atoms. The highest BCUT2D eigenvalue weighted by Crippen LogP contribution is 2.45. The van der Waals surface area contributed by atoms with Crippen LogP contribution < -0.4 is 30.7 Å². The van der Waals surface area contributed by atoms with E-state index in [0.717, 1.165) is 11.5 Å². The molecule has 0 fully saturated rings. The van der Waals surface area contributed by atoms with E-state index in [0.29, 0.717) is 0 Å². The summed E-state index contributed by atoms with van der Waals surface area (Å²) < 4.78 is 11.7. The zero-order valence-corrected chi connectivity index (χ0v) is 23.8. The van der Waals surface area contributed by atoms with Crippen LogP contribution in [-0.4, -0.2) is 33.9 Å². The summed E-state index contributed by atoms with van der Waals surface area (Å²) >= 11 is 0. The normalized spacial score (nSPS) is 13.1. The average Bonchev–Trinajstić information content (AvgIpc) is 2.91. The second-order valence-electron chi connectivity index (χ2n) is 9.35. The maximum absolute atomic E-state index is 5.83. The molecule has 5 heteroatoms. The van der Waals surface area contributed by atoms with Gasteiger partial charge in [-0.15, -0.1) is 0 Å². The molecule has 0 heterocycles. The molecule has 4 rings (SSSR count). The molecule has 2 nitrogen and oxygen atoms in total. The van der Waals surface area contributed by atoms with Crippen LogP contribution in [0.4, 0.5) is 0 Å². The van der Waals surface area contributed by atoms with Gasteiger partial charge < -0.3 is 9.47 Å². The number of para-hydroxylation sites is 2. The van der Waals surface area contributed by atoms with E-state index in [2.05, 4.69) is 122 Å². The van der Waals surface area contributed by atoms with Gasteiger partial charge in [0.2, 0.25) is 0 Å². The first kappa shape index (κ1) is 25.6. The van der Waals surface area contributed by atoms with Crippen LogP contribution in [0.2, 0.25) is 13.1 Å². The van der Waals surface area contributed by atoms with E-state index in [1.165, 1.54) is 32.8 Å². The van der Waals surface area contributed by atoms with Gasteiger partial charge in [-0.2, -0.15) is 0 Å². The molecule has 0 aliphatic heterocycles. The van der Waals surface area contributed by atoms with Crippen molar-refractivity contribution in [1.29, 1.82) is 0 Å². The smallest absolute Gasteiger partial charge is 0.126 e. The number of benzene rings is 4. The van der Waals surface area contributed by atoms with Gasteiger partial charge in [0, 0.05) is 10.6 Å². The predicted octanol–water partition coefficient (Wildman–Crippen LogP) is 6.06. The number of hydrogen-bond donors (Lipinski definition) is 0. The van der Waals surface area contributed by atoms with Crippen molar-refractivity contribution in [3.63, 3.8) is 0 Å². The van der Waals surface area contributed by atoms with Gasteiger partial charge in [0.1, 0.15) is 11.5 Å². The van der Waals surface area contributed by atoms with E-state index in [9.17, 15) is 0 Å². The second kappa shape index (κ2) is 12.0. The van der Waals surface area contributed by atoms with Crippen molar-refractivity contribution in [2.24, 2.45) is 0 Å². The van der Waals surface area contributed by atoms with Crippen LogP contribution in [0.3, 0.4) is 0 Å². The van der Waals surface area contributed by atoms with Crippen molar-refractivity contribution in [3.8, 4) is 11.5 Å². The third-order valence-corrected chi connectivity index (χ3v) is 19.2. The van der Waals surface area contributed by atoms with E-state index in [-0.39, 0.29) is 0 Å². The van der Waals surface area contributed by atoms with Gasteiger partial charge in [-0.25, -0.2) is 0 Å². The summed E-state index contributed by atoms with van der Waals surface area (Å²) in [6.07, 6.45) is 0. The first-order valence-corrected chi connectivity index (χ1v) is 18.4. The summed E-state index contributed by atoms with van der Waals surface area (Å²) in [6.45, 7) is 5.13. The highest BCUT2D eigenvalue weighted by atomic mass is 31.1. The Morgan fingerprint density at radius 1 is 0.514 bits per heavy atom. The van der Waals surface area contributed by atoms with Crippen LogP contribution in [0.1, 0.15) is 0 Å². The van der Waals surface area contributed by atoms with E-state index in [1.807, 2.05) is 0 Å². The highest BCUT2D eigenvalue weighted by molar-refractivity contribution is 7.78. The third kappa shape index (κ3) is 6.41. The summed E-state index contributed by atoms with van der Waals surface area (Å²) in [7, 11) is 0.832. The summed E-state index contributed by atoms with van der Waals surface area (Å²) in [5.41, 5.74) is 0. The summed E-state index contributed by atoms with van der Waals surface area (Å²) in [5.74, 6) is 4.44. The maximum atomic E-state index is 5.83. The molecule has 0 N–H and O–H groups in total. The van der Waals surface area contributed by atoms with E-state index < -0.39 is 23.9 Å². The Labute approximate surface area is 213 Å². The second-order valence-corrected chi connectivity index (χ2v) is 19.9. The van der Waals surface area contributed by atoms with Crippen molar-refractivity contribution < 1.29 is 9.47 Å². The molecule has 0 aliphatic rings. The molecule has 0 aromatic heterocycles. The Balaban J connectivity index is 1.72. The fraction of sp³-hybridized carbons (Fsp3) is 0.200. The molecule has 4 aromatic carbocycles. The first-order valence-electron chi connectivity index (χ1n) is 11.9. The van der Waals surface area contributed by atoms with Gasteiger partial charge in [-0.3, -0.25) is 0 Å². The number of rotatable bonds is 10. The number of methoxy groups -OCH3 is 2. The van der Waals surface area contributed by atoms with Crippen LogP contribution >= 0.6 is 15.8 Å². The Bertz CT molecular complexity index is 1120. The fourth-order valence-corrected chi connectivity index (χ4v) is 18.4. The minimum absolute atomic E-state index is 0.529. The molecule has 0 aliphatic carbocycles. The molecule has 2 atom stereocenters. The van der Waals surface area contributed by atoms with Gasteiger partial charge >= 0.3 is 0 Å². The van der Waals surface area contributed by atoms with E-state index in [4.69, 9.17) is 9.47 Å². The van der Waals surface area contributed by atoms with Gasteiger partial charge in [-0.1, -0.05) is 110 Å². The van der Waals surface area contributed by atoms with Crippen molar-refractivity contribution >= 4 is 45.1 Å². The van der Waals surface area contributed by atoms with E-state index in [1.54, 1.807) is 14.2 Å². The van der Waals surface area contributed by atoms with Crippen LogP contribution in [0, 0.1) is 0 Å². The predicted molar refractivity (Wildman–Crippen MR) is 158 cm³/mol. The van der Waals surface area contributed by atoms with Gasteiger partial charge in [0.05, 0.1) is 22.3 Å². The SMILES string of the molecule is COc1ccccc1[P@@](C[Si](C)(C)C[P@@](c1ccccc1)c1ccccc1OC)c1ccccc1. The molecule has 0 spiro atoms. The zero-order chi connectivity index (χ0) is 24.7. The molecule has 0 radical (unpaired) electrons. The lowest BCUT2D eigenvalue weighted by atomic mass is 10.3. The largest absolute Gasteiger partial charge is 0.496 e. The van der Waals surface area contributed by atoms with Crippen molar-refractivity contribution in [3.05, 3.63) is 109 Å². The van der Waals surface area contributed by atoms with Crippen molar-refractivity contribution in [2.45, 2.75) is 13.1 Å². The fourth-order valence-electron chi connectivity index (χ4n) is 4.46. The standard InChI is InChI=1S/C30H34O2P2Si/c1-31-27-19-11-13-21-29(27)33(25-15-7-5-8-16-25)23-35(3,4)24-34(26-17-9-6-10-18-26)30-22-14-12-20-28(30)32-2/h5-22H,23-24H2,1-4H3/t33-,34-/m0/s1. The monoisotopic (exact) mass is 516 g/mol. The lowest BCUT2D eigenvalue weighted by Gasteiger charge is -2.33. The minimum Gasteiger partial charge on any atom is -0.496 e. The molecule has 35 heavy (non-hydrogen) atoms. The molecule has 180 valence electrons. The Hall–Kier alpha value is -2.44. The lowest BCUT2D eigenvalue weighted by Crippen LogP contribution is -2.40. The molecular formula is C30H34O2P2Si. The van der Waals surface area contributed by atoms with Gasteiger partial charge in [0.15, 0.2) is 0 Å². The Morgan fingerprint density at radius 2 is 0.857 bits per heavy atom. The average molecular weight is 517 g/mol. The zero-order valence-electron chi connectivity index (χ0n) is 21.0. The van der Waals surface area contributed by atoms with Crippen LogP contribution in [0.5, 0.6) is 11.5 Å². The number of hydrogen-bond acceptors (Lipinski definition) is 2. The van der Waals surface area contributed by atoms with Crippen LogP contribution in [0.15, 0.2) is 109 Å². The van der Waals surface area contributed by atoms with Crippen LogP contribution in [0.25, 0.3) is 0 Å². The topological polar surface area (TPSA) is 18.5 Å². The van der Waals surface area contributed by atoms with Gasteiger partial charge in [0.25, 0.3) is 0 Å². The van der Waals surface area contributed by atoms with Crippen molar-refractivity contribution in [2.75, 3.05) is 25.8 Å². The Morgan fingerprint density at radius 3 is 1.23 bits per heavy atom. The quantitative estimate of drug-likeness (QED) is 0.189. The summed E-state index contributed by atoms with van der Waals surface area (Å²) in [4.78, 5) is 0. The maximum Gasteiger partial charge on any atom is 0.126 e. The van der Waals surface area contributed by atoms with Gasteiger partial charge in [-0.05, 0) is 50.2 Å². The lowest BCUT2D eigenvalue weighted by molar-refractivity contribution is 0.418. The van der Waals surface area contributed by atoms with Crippen molar-refractivity contribution in [1.82, 2.24) is 0 Å².